The quantitative estimate of drug-likeness (QED) is 0.172. The number of nitrogens with zero attached hydrogens (tertiary/aromatic N) is 1. The fraction of sp³-hybridized carbons (Fsp3) is 0.242. The summed E-state index contributed by atoms with van der Waals surface area (Å²) in [6, 6.07) is 24.6. The van der Waals surface area contributed by atoms with Gasteiger partial charge in [0.1, 0.15) is 18.0 Å². The Balaban J connectivity index is 1.90. The number of rotatable bonds is 12. The number of aromatic nitrogens is 1. The lowest BCUT2D eigenvalue weighted by atomic mass is 9.94. The van der Waals surface area contributed by atoms with Crippen LogP contribution < -0.4 is 5.32 Å². The van der Waals surface area contributed by atoms with E-state index in [9.17, 15) is 23.9 Å². The van der Waals surface area contributed by atoms with E-state index in [1.807, 2.05) is 66.9 Å². The number of carbonyl (C=O) groups is 3. The van der Waals surface area contributed by atoms with Crippen molar-refractivity contribution in [1.82, 2.24) is 4.57 Å². The Morgan fingerprint density at radius 1 is 0.878 bits per heavy atom. The number of hydrogen-bond donors (Lipinski definition) is 3. The molecule has 8 heteroatoms. The highest BCUT2D eigenvalue weighted by atomic mass is 19.1. The van der Waals surface area contributed by atoms with Crippen molar-refractivity contribution < 1.29 is 29.0 Å². The van der Waals surface area contributed by atoms with Gasteiger partial charge >= 0.3 is 5.97 Å². The second-order valence-electron chi connectivity index (χ2n) is 10.2. The van der Waals surface area contributed by atoms with E-state index in [0.29, 0.717) is 28.1 Å². The first-order valence-corrected chi connectivity index (χ1v) is 13.5. The van der Waals surface area contributed by atoms with Crippen molar-refractivity contribution in [3.05, 3.63) is 102 Å². The van der Waals surface area contributed by atoms with Crippen molar-refractivity contribution in [3.8, 4) is 22.4 Å². The average molecular weight is 557 g/mol. The maximum Gasteiger partial charge on any atom is 0.310 e. The van der Waals surface area contributed by atoms with Crippen molar-refractivity contribution in [2.24, 2.45) is 0 Å². The molecular formula is C33H33FN2O5. The van der Waals surface area contributed by atoms with Gasteiger partial charge in [-0.05, 0) is 59.9 Å². The number of carbonyl (C=O) groups excluding carboxylic acids is 2. The first-order chi connectivity index (χ1) is 19.7. The van der Waals surface area contributed by atoms with Crippen molar-refractivity contribution in [2.45, 2.75) is 51.7 Å². The molecule has 1 aromatic heterocycles. The highest BCUT2D eigenvalue weighted by molar-refractivity contribution is 6.12. The first-order valence-electron chi connectivity index (χ1n) is 13.5. The summed E-state index contributed by atoms with van der Waals surface area (Å²) in [5.41, 5.74) is 4.65. The third kappa shape index (κ3) is 7.15. The van der Waals surface area contributed by atoms with Gasteiger partial charge in [-0.2, -0.15) is 0 Å². The molecule has 1 atom stereocenters. The third-order valence-corrected chi connectivity index (χ3v) is 6.79. The Labute approximate surface area is 238 Å². The smallest absolute Gasteiger partial charge is 0.310 e. The minimum atomic E-state index is -1.24. The van der Waals surface area contributed by atoms with Crippen LogP contribution in [0.4, 0.5) is 10.1 Å². The zero-order valence-corrected chi connectivity index (χ0v) is 23.0. The second-order valence-corrected chi connectivity index (χ2v) is 10.2. The first kappa shape index (κ1) is 29.4. The predicted octanol–water partition coefficient (Wildman–Crippen LogP) is 6.52. The molecule has 4 aromatic rings. The second kappa shape index (κ2) is 13.2. The van der Waals surface area contributed by atoms with E-state index in [4.69, 9.17) is 5.11 Å². The Bertz CT molecular complexity index is 1510. The number of aliphatic carboxylic acids is 1. The fourth-order valence-corrected chi connectivity index (χ4v) is 5.09. The van der Waals surface area contributed by atoms with Gasteiger partial charge in [-0.15, -0.1) is 0 Å². The molecule has 0 saturated heterocycles. The van der Waals surface area contributed by atoms with E-state index >= 15 is 0 Å². The molecule has 1 heterocycles. The molecule has 0 saturated carbocycles. The van der Waals surface area contributed by atoms with Crippen LogP contribution in [-0.4, -0.2) is 38.5 Å². The molecule has 0 bridgehead atoms. The Kier molecular flexibility index (Phi) is 9.47. The number of carboxylic acid groups (broad SMARTS) is 1. The molecule has 212 valence electrons. The summed E-state index contributed by atoms with van der Waals surface area (Å²) < 4.78 is 16.0. The van der Waals surface area contributed by atoms with Crippen LogP contribution in [0.3, 0.4) is 0 Å². The van der Waals surface area contributed by atoms with Crippen LogP contribution in [0.1, 0.15) is 55.1 Å². The fourth-order valence-electron chi connectivity index (χ4n) is 5.09. The number of carboxylic acids is 1. The summed E-state index contributed by atoms with van der Waals surface area (Å²) in [6.07, 6.45) is -1.88. The number of para-hydroxylation sites is 1. The number of anilines is 1. The maximum absolute atomic E-state index is 14.0. The van der Waals surface area contributed by atoms with Gasteiger partial charge < -0.3 is 20.1 Å². The number of aliphatic hydroxyl groups is 1. The lowest BCUT2D eigenvalue weighted by Gasteiger charge is -2.19. The largest absolute Gasteiger partial charge is 0.481 e. The van der Waals surface area contributed by atoms with E-state index in [2.05, 4.69) is 5.32 Å². The number of Topliss-reactive ketones (excluding diaryl/α,β-unsaturated/α-hetero) is 1. The summed E-state index contributed by atoms with van der Waals surface area (Å²) in [7, 11) is 0. The number of amides is 1. The van der Waals surface area contributed by atoms with Crippen LogP contribution in [0.5, 0.6) is 0 Å². The van der Waals surface area contributed by atoms with Gasteiger partial charge in [0.05, 0.1) is 17.4 Å². The van der Waals surface area contributed by atoms with Gasteiger partial charge in [0.15, 0.2) is 0 Å². The predicted molar refractivity (Wildman–Crippen MR) is 156 cm³/mol. The van der Waals surface area contributed by atoms with Crippen LogP contribution in [0.25, 0.3) is 22.4 Å². The molecule has 7 nitrogen and oxygen atoms in total. The summed E-state index contributed by atoms with van der Waals surface area (Å²) in [5.74, 6) is -2.64. The van der Waals surface area contributed by atoms with Crippen LogP contribution in [-0.2, 0) is 16.1 Å². The minimum absolute atomic E-state index is 0.131. The third-order valence-electron chi connectivity index (χ3n) is 6.79. The number of nitrogens with one attached hydrogen (secondary N) is 1. The van der Waals surface area contributed by atoms with Gasteiger partial charge in [0.2, 0.25) is 0 Å². The molecule has 0 aliphatic carbocycles. The van der Waals surface area contributed by atoms with Crippen LogP contribution >= 0.6 is 0 Å². The minimum Gasteiger partial charge on any atom is -0.481 e. The van der Waals surface area contributed by atoms with E-state index in [1.54, 1.807) is 24.3 Å². The van der Waals surface area contributed by atoms with E-state index in [-0.39, 0.29) is 31.2 Å². The number of aliphatic hydroxyl groups excluding tert-OH is 1. The van der Waals surface area contributed by atoms with Gasteiger partial charge in [-0.25, -0.2) is 4.39 Å². The molecule has 0 radical (unpaired) electrons. The zero-order chi connectivity index (χ0) is 29.5. The molecule has 3 aromatic carbocycles. The molecule has 0 fully saturated rings. The highest BCUT2D eigenvalue weighted by Crippen LogP contribution is 2.42. The van der Waals surface area contributed by atoms with Crippen LogP contribution in [0.2, 0.25) is 0 Å². The SMILES string of the molecule is CC(C)c1c(C(=O)Nc2ccccc2)c(-c2ccccc2)c(-c2ccc(F)cc2)n1CC[C@@H](O)CC(=O)CC(=O)O. The molecule has 4 rings (SSSR count). The summed E-state index contributed by atoms with van der Waals surface area (Å²) >= 11 is 0. The molecule has 41 heavy (non-hydrogen) atoms. The molecular weight excluding hydrogens is 523 g/mol. The zero-order valence-electron chi connectivity index (χ0n) is 23.0. The lowest BCUT2D eigenvalue weighted by Crippen LogP contribution is -2.20. The summed E-state index contributed by atoms with van der Waals surface area (Å²) in [4.78, 5) is 37.0. The molecule has 0 aliphatic heterocycles. The van der Waals surface area contributed by atoms with Crippen LogP contribution in [0, 0.1) is 5.82 Å². The Morgan fingerprint density at radius 2 is 1.49 bits per heavy atom. The summed E-state index contributed by atoms with van der Waals surface area (Å²) in [6.45, 7) is 4.18. The number of ketones is 1. The molecule has 0 unspecified atom stereocenters. The van der Waals surface area contributed by atoms with Gasteiger partial charge in [0.25, 0.3) is 5.91 Å². The van der Waals surface area contributed by atoms with Crippen LogP contribution in [0.15, 0.2) is 84.9 Å². The normalized spacial score (nSPS) is 11.8. The number of halogens is 1. The van der Waals surface area contributed by atoms with Crippen molar-refractivity contribution in [1.29, 1.82) is 0 Å². The maximum atomic E-state index is 14.0. The van der Waals surface area contributed by atoms with Crippen molar-refractivity contribution >= 4 is 23.3 Å². The van der Waals surface area contributed by atoms with E-state index in [0.717, 1.165) is 11.3 Å². The Morgan fingerprint density at radius 3 is 2.07 bits per heavy atom. The van der Waals surface area contributed by atoms with E-state index < -0.39 is 30.1 Å². The molecule has 3 N–H and O–H groups in total. The van der Waals surface area contributed by atoms with Gasteiger partial charge in [0, 0.05) is 29.9 Å². The Hall–Kier alpha value is -4.56. The average Bonchev–Trinajstić information content (AvgIpc) is 3.28. The van der Waals surface area contributed by atoms with Gasteiger partial charge in [-0.1, -0.05) is 62.4 Å². The number of hydrogen-bond acceptors (Lipinski definition) is 4. The highest BCUT2D eigenvalue weighted by Gasteiger charge is 2.31. The molecule has 0 aliphatic rings. The van der Waals surface area contributed by atoms with Crippen molar-refractivity contribution in [3.63, 3.8) is 0 Å². The lowest BCUT2D eigenvalue weighted by molar-refractivity contribution is -0.140. The molecule has 0 spiro atoms. The van der Waals surface area contributed by atoms with Gasteiger partial charge in [-0.3, -0.25) is 14.4 Å². The van der Waals surface area contributed by atoms with Crippen molar-refractivity contribution in [2.75, 3.05) is 5.32 Å². The monoisotopic (exact) mass is 556 g/mol. The summed E-state index contributed by atoms with van der Waals surface area (Å²) in [5, 5.41) is 22.6. The standard InChI is InChI=1S/C33H33FN2O5/c1-21(2)31-30(33(41)35-25-11-7-4-8-12-25)29(22-9-5-3-6-10-22)32(23-13-15-24(34)16-14-23)36(31)18-17-26(37)19-27(38)20-28(39)40/h3-16,21,26,37H,17-20H2,1-2H3,(H,35,41)(H,39,40)/t26-/m1/s1. The molecule has 1 amide bonds. The topological polar surface area (TPSA) is 109 Å². The van der Waals surface area contributed by atoms with E-state index in [1.165, 1.54) is 12.1 Å². The number of benzene rings is 3.